The highest BCUT2D eigenvalue weighted by atomic mass is 16.5. The zero-order valence-electron chi connectivity index (χ0n) is 9.94. The molecule has 1 aromatic carbocycles. The first-order valence-corrected chi connectivity index (χ1v) is 6.25. The van der Waals surface area contributed by atoms with Crippen LogP contribution in [0.1, 0.15) is 17.2 Å². The van der Waals surface area contributed by atoms with Gasteiger partial charge < -0.3 is 9.72 Å². The zero-order valence-corrected chi connectivity index (χ0v) is 9.94. The minimum absolute atomic E-state index is 0.248. The fourth-order valence-electron chi connectivity index (χ4n) is 3.30. The quantitative estimate of drug-likeness (QED) is 0.748. The van der Waals surface area contributed by atoms with Crippen LogP contribution in [-0.2, 0) is 11.2 Å². The van der Waals surface area contributed by atoms with E-state index in [1.165, 1.54) is 22.0 Å². The molecule has 2 atom stereocenters. The van der Waals surface area contributed by atoms with Gasteiger partial charge in [0.25, 0.3) is 0 Å². The number of benzene rings is 1. The predicted molar refractivity (Wildman–Crippen MR) is 67.1 cm³/mol. The Hall–Kier alpha value is -1.32. The third kappa shape index (κ3) is 1.24. The lowest BCUT2D eigenvalue weighted by Gasteiger charge is -2.41. The van der Waals surface area contributed by atoms with Crippen molar-refractivity contribution in [2.24, 2.45) is 0 Å². The van der Waals surface area contributed by atoms with Crippen LogP contribution < -0.4 is 0 Å². The number of hydrogen-bond acceptors (Lipinski definition) is 2. The summed E-state index contributed by atoms with van der Waals surface area (Å²) < 4.78 is 6.00. The monoisotopic (exact) mass is 228 g/mol. The number of likely N-dealkylation sites (N-methyl/N-ethyl adjacent to an activating group) is 1. The lowest BCUT2D eigenvalue weighted by atomic mass is 9.85. The molecule has 1 fully saturated rings. The molecule has 0 radical (unpaired) electrons. The molecule has 2 aliphatic rings. The number of hydrogen-bond donors (Lipinski definition) is 1. The number of ether oxygens (including phenoxy) is 1. The van der Waals surface area contributed by atoms with Crippen LogP contribution in [0.25, 0.3) is 10.9 Å². The summed E-state index contributed by atoms with van der Waals surface area (Å²) in [6.45, 7) is 1.88. The molecule has 0 amide bonds. The van der Waals surface area contributed by atoms with Crippen molar-refractivity contribution in [2.75, 3.05) is 20.2 Å². The second kappa shape index (κ2) is 3.34. The van der Waals surface area contributed by atoms with Crippen molar-refractivity contribution in [1.82, 2.24) is 9.88 Å². The average Bonchev–Trinajstić information content (AvgIpc) is 2.77. The van der Waals surface area contributed by atoms with Crippen molar-refractivity contribution in [2.45, 2.75) is 18.6 Å². The standard InChI is InChI=1S/C14H16N2O/c1-16-5-6-17-14-10-8-15-11-4-2-3-9(13(10)11)7-12(14)16/h2-4,8,12,14-15H,5-7H2,1H3. The van der Waals surface area contributed by atoms with Crippen LogP contribution >= 0.6 is 0 Å². The molecule has 2 unspecified atom stereocenters. The first kappa shape index (κ1) is 9.68. The summed E-state index contributed by atoms with van der Waals surface area (Å²) in [7, 11) is 2.21. The lowest BCUT2D eigenvalue weighted by molar-refractivity contribution is -0.0643. The van der Waals surface area contributed by atoms with Gasteiger partial charge in [-0.3, -0.25) is 4.90 Å². The molecular weight excluding hydrogens is 212 g/mol. The van der Waals surface area contributed by atoms with Gasteiger partial charge in [0.1, 0.15) is 6.10 Å². The van der Waals surface area contributed by atoms with Crippen molar-refractivity contribution in [1.29, 1.82) is 0 Å². The maximum Gasteiger partial charge on any atom is 0.100 e. The molecule has 17 heavy (non-hydrogen) atoms. The zero-order chi connectivity index (χ0) is 11.4. The van der Waals surface area contributed by atoms with Crippen LogP contribution in [0.15, 0.2) is 24.4 Å². The molecule has 0 bridgehead atoms. The Labute approximate surface area is 100 Å². The molecule has 1 aliphatic heterocycles. The second-order valence-corrected chi connectivity index (χ2v) is 5.13. The fourth-order valence-corrected chi connectivity index (χ4v) is 3.30. The van der Waals surface area contributed by atoms with E-state index in [-0.39, 0.29) is 6.10 Å². The molecule has 4 rings (SSSR count). The average molecular weight is 228 g/mol. The van der Waals surface area contributed by atoms with E-state index in [1.54, 1.807) is 0 Å². The Morgan fingerprint density at radius 1 is 1.41 bits per heavy atom. The van der Waals surface area contributed by atoms with Crippen LogP contribution in [0, 0.1) is 0 Å². The maximum atomic E-state index is 6.00. The number of aromatic nitrogens is 1. The molecule has 3 heteroatoms. The summed E-state index contributed by atoms with van der Waals surface area (Å²) in [5, 5.41) is 1.39. The minimum Gasteiger partial charge on any atom is -0.370 e. The van der Waals surface area contributed by atoms with Gasteiger partial charge in [0.15, 0.2) is 0 Å². The van der Waals surface area contributed by atoms with Crippen LogP contribution in [0.3, 0.4) is 0 Å². The van der Waals surface area contributed by atoms with Gasteiger partial charge in [0, 0.05) is 35.2 Å². The van der Waals surface area contributed by atoms with Gasteiger partial charge in [-0.2, -0.15) is 0 Å². The lowest BCUT2D eigenvalue weighted by Crippen LogP contribution is -2.47. The van der Waals surface area contributed by atoms with E-state index >= 15 is 0 Å². The maximum absolute atomic E-state index is 6.00. The molecule has 0 saturated carbocycles. The van der Waals surface area contributed by atoms with E-state index in [0.29, 0.717) is 6.04 Å². The van der Waals surface area contributed by atoms with Gasteiger partial charge in [-0.15, -0.1) is 0 Å². The normalized spacial score (nSPS) is 28.3. The highest BCUT2D eigenvalue weighted by molar-refractivity contribution is 5.88. The number of aromatic amines is 1. The molecule has 1 N–H and O–H groups in total. The van der Waals surface area contributed by atoms with Gasteiger partial charge in [0.05, 0.1) is 6.61 Å². The second-order valence-electron chi connectivity index (χ2n) is 5.13. The summed E-state index contributed by atoms with van der Waals surface area (Å²) in [6, 6.07) is 7.04. The summed E-state index contributed by atoms with van der Waals surface area (Å²) in [5.74, 6) is 0. The van der Waals surface area contributed by atoms with Crippen LogP contribution in [0.2, 0.25) is 0 Å². The first-order valence-electron chi connectivity index (χ1n) is 6.25. The van der Waals surface area contributed by atoms with Gasteiger partial charge in [-0.25, -0.2) is 0 Å². The van der Waals surface area contributed by atoms with Gasteiger partial charge >= 0.3 is 0 Å². The summed E-state index contributed by atoms with van der Waals surface area (Å²) in [6.07, 6.45) is 3.48. The van der Waals surface area contributed by atoms with Crippen molar-refractivity contribution >= 4 is 10.9 Å². The van der Waals surface area contributed by atoms with Crippen molar-refractivity contribution in [3.63, 3.8) is 0 Å². The Morgan fingerprint density at radius 2 is 2.35 bits per heavy atom. The minimum atomic E-state index is 0.248. The van der Waals surface area contributed by atoms with E-state index in [2.05, 4.69) is 41.3 Å². The Morgan fingerprint density at radius 3 is 3.29 bits per heavy atom. The largest absolute Gasteiger partial charge is 0.370 e. The van der Waals surface area contributed by atoms with E-state index < -0.39 is 0 Å². The van der Waals surface area contributed by atoms with Crippen LogP contribution in [0.4, 0.5) is 0 Å². The smallest absolute Gasteiger partial charge is 0.100 e. The number of nitrogens with zero attached hydrogens (tertiary/aromatic N) is 1. The SMILES string of the molecule is CN1CCOC2c3c[nH]c4cccc(c34)CC21. The predicted octanol–water partition coefficient (Wildman–Crippen LogP) is 2.10. The Bertz CT molecular complexity index is 575. The Balaban J connectivity index is 1.94. The number of H-pyrrole nitrogens is 1. The number of morpholine rings is 1. The molecule has 1 aliphatic carbocycles. The van der Waals surface area contributed by atoms with Crippen LogP contribution in [0.5, 0.6) is 0 Å². The first-order chi connectivity index (χ1) is 8.34. The molecule has 1 aromatic heterocycles. The van der Waals surface area contributed by atoms with Gasteiger partial charge in [0.2, 0.25) is 0 Å². The third-order valence-electron chi connectivity index (χ3n) is 4.22. The van der Waals surface area contributed by atoms with E-state index in [9.17, 15) is 0 Å². The summed E-state index contributed by atoms with van der Waals surface area (Å²) >= 11 is 0. The van der Waals surface area contributed by atoms with Crippen molar-refractivity contribution in [3.05, 3.63) is 35.5 Å². The molecule has 1 saturated heterocycles. The molecule has 0 spiro atoms. The number of rotatable bonds is 0. The molecule has 2 aromatic rings. The van der Waals surface area contributed by atoms with Crippen molar-refractivity contribution < 1.29 is 4.74 Å². The molecule has 3 nitrogen and oxygen atoms in total. The third-order valence-corrected chi connectivity index (χ3v) is 4.22. The highest BCUT2D eigenvalue weighted by Crippen LogP contribution is 2.40. The van der Waals surface area contributed by atoms with Gasteiger partial charge in [-0.05, 0) is 25.1 Å². The number of fused-ring (bicyclic) bond motifs is 2. The summed E-state index contributed by atoms with van der Waals surface area (Å²) in [4.78, 5) is 5.80. The Kier molecular flexibility index (Phi) is 1.90. The van der Waals surface area contributed by atoms with E-state index in [4.69, 9.17) is 4.74 Å². The van der Waals surface area contributed by atoms with Gasteiger partial charge in [-0.1, -0.05) is 12.1 Å². The molecule has 2 heterocycles. The van der Waals surface area contributed by atoms with E-state index in [1.807, 2.05) is 0 Å². The summed E-state index contributed by atoms with van der Waals surface area (Å²) in [5.41, 5.74) is 4.04. The van der Waals surface area contributed by atoms with Crippen LogP contribution in [-0.4, -0.2) is 36.1 Å². The highest BCUT2D eigenvalue weighted by Gasteiger charge is 2.36. The van der Waals surface area contributed by atoms with E-state index in [0.717, 1.165) is 19.6 Å². The van der Waals surface area contributed by atoms with Crippen molar-refractivity contribution in [3.8, 4) is 0 Å². The topological polar surface area (TPSA) is 28.3 Å². The molecule has 88 valence electrons. The molecular formula is C14H16N2O. The number of nitrogens with one attached hydrogen (secondary N) is 1. The fraction of sp³-hybridized carbons (Fsp3) is 0.429.